The number of thiophene rings is 1. The molecule has 27 heavy (non-hydrogen) atoms. The summed E-state index contributed by atoms with van der Waals surface area (Å²) in [5.74, 6) is 1.29. The molecule has 0 unspecified atom stereocenters. The molecule has 0 N–H and O–H groups in total. The van der Waals surface area contributed by atoms with E-state index in [-0.39, 0.29) is 11.8 Å². The van der Waals surface area contributed by atoms with Crippen molar-refractivity contribution in [3.05, 3.63) is 45.4 Å². The van der Waals surface area contributed by atoms with E-state index in [4.69, 9.17) is 4.42 Å². The number of carbonyl (C=O) groups excluding carboxylic acids is 1. The highest BCUT2D eigenvalue weighted by Crippen LogP contribution is 2.30. The monoisotopic (exact) mass is 383 g/mol. The average molecular weight is 383 g/mol. The van der Waals surface area contributed by atoms with Crippen molar-refractivity contribution in [3.8, 4) is 11.6 Å². The third kappa shape index (κ3) is 3.49. The molecule has 0 aliphatic carbocycles. The fourth-order valence-electron chi connectivity index (χ4n) is 3.23. The third-order valence-electron chi connectivity index (χ3n) is 5.09. The minimum Gasteiger partial charge on any atom is -0.419 e. The standard InChI is InChI=1S/C19H21N5O2S/c1-11-8-21-16(9-20-11)18-23-22-17(26-18)14-4-6-24(7-5-14)19(25)15-10-27-13(3)12(15)2/h8-10,14H,4-7H2,1-3H3. The van der Waals surface area contributed by atoms with Gasteiger partial charge >= 0.3 is 0 Å². The van der Waals surface area contributed by atoms with Gasteiger partial charge in [-0.15, -0.1) is 21.5 Å². The van der Waals surface area contributed by atoms with E-state index in [0.717, 1.165) is 29.7 Å². The Labute approximate surface area is 161 Å². The van der Waals surface area contributed by atoms with Crippen LogP contribution >= 0.6 is 11.3 Å². The predicted molar refractivity (Wildman–Crippen MR) is 102 cm³/mol. The molecule has 4 rings (SSSR count). The van der Waals surface area contributed by atoms with E-state index in [1.54, 1.807) is 23.7 Å². The molecule has 8 heteroatoms. The fourth-order valence-corrected chi connectivity index (χ4v) is 4.09. The minimum atomic E-state index is 0.122. The molecule has 4 heterocycles. The van der Waals surface area contributed by atoms with Crippen molar-refractivity contribution in [2.75, 3.05) is 13.1 Å². The minimum absolute atomic E-state index is 0.122. The van der Waals surface area contributed by atoms with Crippen LogP contribution in [0.1, 0.15) is 51.1 Å². The summed E-state index contributed by atoms with van der Waals surface area (Å²) < 4.78 is 5.83. The summed E-state index contributed by atoms with van der Waals surface area (Å²) in [4.78, 5) is 24.4. The molecular weight excluding hydrogens is 362 g/mol. The maximum atomic E-state index is 12.8. The lowest BCUT2D eigenvalue weighted by molar-refractivity contribution is 0.0706. The van der Waals surface area contributed by atoms with Crippen LogP contribution in [0.2, 0.25) is 0 Å². The van der Waals surface area contributed by atoms with E-state index >= 15 is 0 Å². The van der Waals surface area contributed by atoms with Gasteiger partial charge in [-0.05, 0) is 39.2 Å². The first-order valence-electron chi connectivity index (χ1n) is 8.99. The lowest BCUT2D eigenvalue weighted by atomic mass is 9.96. The topological polar surface area (TPSA) is 85.0 Å². The molecular formula is C19H21N5O2S. The summed E-state index contributed by atoms with van der Waals surface area (Å²) in [7, 11) is 0. The van der Waals surface area contributed by atoms with Crippen LogP contribution in [0.5, 0.6) is 0 Å². The van der Waals surface area contributed by atoms with Crippen LogP contribution < -0.4 is 0 Å². The number of likely N-dealkylation sites (tertiary alicyclic amines) is 1. The molecule has 1 aliphatic heterocycles. The molecule has 1 amide bonds. The number of aryl methyl sites for hydroxylation is 2. The van der Waals surface area contributed by atoms with E-state index in [9.17, 15) is 4.79 Å². The Balaban J connectivity index is 1.41. The lowest BCUT2D eigenvalue weighted by Gasteiger charge is -2.30. The van der Waals surface area contributed by atoms with Gasteiger partial charge in [0.05, 0.1) is 17.5 Å². The van der Waals surface area contributed by atoms with Gasteiger partial charge in [-0.1, -0.05) is 0 Å². The predicted octanol–water partition coefficient (Wildman–Crippen LogP) is 3.53. The van der Waals surface area contributed by atoms with Crippen LogP contribution in [0, 0.1) is 20.8 Å². The Kier molecular flexibility index (Phi) is 4.73. The second-order valence-corrected chi connectivity index (χ2v) is 7.97. The quantitative estimate of drug-likeness (QED) is 0.688. The van der Waals surface area contributed by atoms with E-state index in [2.05, 4.69) is 27.1 Å². The van der Waals surface area contributed by atoms with Gasteiger partial charge in [-0.3, -0.25) is 9.78 Å². The lowest BCUT2D eigenvalue weighted by Crippen LogP contribution is -2.38. The second kappa shape index (κ2) is 7.19. The van der Waals surface area contributed by atoms with Crippen molar-refractivity contribution in [2.24, 2.45) is 0 Å². The number of nitrogens with zero attached hydrogens (tertiary/aromatic N) is 5. The molecule has 0 saturated carbocycles. The highest BCUT2D eigenvalue weighted by Gasteiger charge is 2.29. The molecule has 0 atom stereocenters. The summed E-state index contributed by atoms with van der Waals surface area (Å²) in [6.45, 7) is 7.33. The van der Waals surface area contributed by atoms with Crippen molar-refractivity contribution in [3.63, 3.8) is 0 Å². The molecule has 3 aromatic heterocycles. The number of hydrogen-bond donors (Lipinski definition) is 0. The number of aromatic nitrogens is 4. The van der Waals surface area contributed by atoms with Crippen LogP contribution in [0.15, 0.2) is 22.2 Å². The van der Waals surface area contributed by atoms with E-state index in [1.165, 1.54) is 4.88 Å². The summed E-state index contributed by atoms with van der Waals surface area (Å²) in [5, 5.41) is 10.3. The van der Waals surface area contributed by atoms with Gasteiger partial charge in [0.15, 0.2) is 0 Å². The second-order valence-electron chi connectivity index (χ2n) is 6.89. The normalized spacial score (nSPS) is 15.3. The van der Waals surface area contributed by atoms with E-state index in [0.29, 0.717) is 30.6 Å². The third-order valence-corrected chi connectivity index (χ3v) is 6.10. The fraction of sp³-hybridized carbons (Fsp3) is 0.421. The van der Waals surface area contributed by atoms with Crippen molar-refractivity contribution >= 4 is 17.2 Å². The SMILES string of the molecule is Cc1cnc(-c2nnc(C3CCN(C(=O)c4csc(C)c4C)CC3)o2)cn1. The summed E-state index contributed by atoms with van der Waals surface area (Å²) in [6, 6.07) is 0. The van der Waals surface area contributed by atoms with Gasteiger partial charge in [0.2, 0.25) is 5.89 Å². The van der Waals surface area contributed by atoms with Crippen LogP contribution in [-0.4, -0.2) is 44.1 Å². The smallest absolute Gasteiger partial charge is 0.267 e. The number of rotatable bonds is 3. The molecule has 0 spiro atoms. The zero-order valence-electron chi connectivity index (χ0n) is 15.6. The van der Waals surface area contributed by atoms with Gasteiger partial charge in [0, 0.05) is 35.5 Å². The van der Waals surface area contributed by atoms with Gasteiger partial charge in [-0.25, -0.2) is 4.98 Å². The number of amides is 1. The van der Waals surface area contributed by atoms with Crippen molar-refractivity contribution in [1.29, 1.82) is 0 Å². The summed E-state index contributed by atoms with van der Waals surface area (Å²) in [5.41, 5.74) is 3.34. The molecule has 1 fully saturated rings. The number of hydrogen-bond acceptors (Lipinski definition) is 7. The summed E-state index contributed by atoms with van der Waals surface area (Å²) >= 11 is 1.63. The van der Waals surface area contributed by atoms with Crippen LogP contribution in [0.3, 0.4) is 0 Å². The Morgan fingerprint density at radius 1 is 1.15 bits per heavy atom. The molecule has 3 aromatic rings. The largest absolute Gasteiger partial charge is 0.419 e. The first-order chi connectivity index (χ1) is 13.0. The molecule has 1 aliphatic rings. The maximum Gasteiger partial charge on any atom is 0.267 e. The molecule has 0 bridgehead atoms. The van der Waals surface area contributed by atoms with Gasteiger partial charge < -0.3 is 9.32 Å². The van der Waals surface area contributed by atoms with Gasteiger partial charge in [0.1, 0.15) is 5.69 Å². The van der Waals surface area contributed by atoms with Crippen LogP contribution in [0.4, 0.5) is 0 Å². The van der Waals surface area contributed by atoms with E-state index in [1.807, 2.05) is 24.1 Å². The maximum absolute atomic E-state index is 12.8. The number of carbonyl (C=O) groups is 1. The zero-order chi connectivity index (χ0) is 19.0. The molecule has 7 nitrogen and oxygen atoms in total. The van der Waals surface area contributed by atoms with Crippen molar-refractivity contribution in [2.45, 2.75) is 39.5 Å². The van der Waals surface area contributed by atoms with Gasteiger partial charge in [-0.2, -0.15) is 0 Å². The Bertz CT molecular complexity index is 955. The van der Waals surface area contributed by atoms with Gasteiger partial charge in [0.25, 0.3) is 11.8 Å². The molecule has 140 valence electrons. The Morgan fingerprint density at radius 3 is 2.56 bits per heavy atom. The molecule has 1 saturated heterocycles. The van der Waals surface area contributed by atoms with Crippen LogP contribution in [-0.2, 0) is 0 Å². The average Bonchev–Trinajstić information content (AvgIpc) is 3.30. The highest BCUT2D eigenvalue weighted by atomic mass is 32.1. The Morgan fingerprint density at radius 2 is 1.93 bits per heavy atom. The first kappa shape index (κ1) is 17.8. The van der Waals surface area contributed by atoms with E-state index < -0.39 is 0 Å². The van der Waals surface area contributed by atoms with Crippen LogP contribution in [0.25, 0.3) is 11.6 Å². The number of piperidine rings is 1. The first-order valence-corrected chi connectivity index (χ1v) is 9.87. The molecule has 0 aromatic carbocycles. The zero-order valence-corrected chi connectivity index (χ0v) is 16.4. The highest BCUT2D eigenvalue weighted by molar-refractivity contribution is 7.10. The van der Waals surface area contributed by atoms with Crippen molar-refractivity contribution < 1.29 is 9.21 Å². The molecule has 0 radical (unpaired) electrons. The Hall–Kier alpha value is -2.61. The van der Waals surface area contributed by atoms with Crippen molar-refractivity contribution in [1.82, 2.24) is 25.1 Å². The summed E-state index contributed by atoms with van der Waals surface area (Å²) in [6.07, 6.45) is 4.95.